The van der Waals surface area contributed by atoms with Crippen molar-refractivity contribution in [3.63, 3.8) is 0 Å². The number of carbonyl (C=O) groups excluding carboxylic acids is 1. The van der Waals surface area contributed by atoms with E-state index in [4.69, 9.17) is 11.6 Å². The van der Waals surface area contributed by atoms with Gasteiger partial charge in [0.2, 0.25) is 11.6 Å². The maximum atomic E-state index is 12.9. The third kappa shape index (κ3) is 4.71. The first-order valence-corrected chi connectivity index (χ1v) is 7.71. The number of alkyl halides is 3. The SMILES string of the molecule is Cc1c([N+](=O)[O-])c(C(F)(F)F)nn1CC(=O)NCCCn1cc(Cl)cn1. The standard InChI is InChI=1S/C13H14ClF3N6O3/c1-8-11(23(25)26)12(13(15,16)17)20-22(8)7-10(24)18-3-2-4-21-6-9(14)5-19-21/h5-6H,2-4,7H2,1H3,(H,18,24). The van der Waals surface area contributed by atoms with Crippen molar-refractivity contribution in [3.05, 3.63) is 38.9 Å². The van der Waals surface area contributed by atoms with Crippen LogP contribution in [0.4, 0.5) is 18.9 Å². The summed E-state index contributed by atoms with van der Waals surface area (Å²) in [6.07, 6.45) is -1.41. The minimum absolute atomic E-state index is 0.241. The fraction of sp³-hybridized carbons (Fsp3) is 0.462. The Morgan fingerprint density at radius 2 is 2.15 bits per heavy atom. The van der Waals surface area contributed by atoms with E-state index >= 15 is 0 Å². The Balaban J connectivity index is 1.95. The Hall–Kier alpha value is -2.63. The molecule has 0 fully saturated rings. The molecule has 0 saturated carbocycles. The van der Waals surface area contributed by atoms with Crippen LogP contribution in [0.15, 0.2) is 12.4 Å². The van der Waals surface area contributed by atoms with Gasteiger partial charge in [0.1, 0.15) is 12.2 Å². The highest BCUT2D eigenvalue weighted by Crippen LogP contribution is 2.36. The summed E-state index contributed by atoms with van der Waals surface area (Å²) in [4.78, 5) is 21.6. The minimum Gasteiger partial charge on any atom is -0.354 e. The van der Waals surface area contributed by atoms with Crippen molar-refractivity contribution in [1.29, 1.82) is 0 Å². The number of nitrogens with zero attached hydrogens (tertiary/aromatic N) is 5. The lowest BCUT2D eigenvalue weighted by molar-refractivity contribution is -0.388. The van der Waals surface area contributed by atoms with E-state index in [-0.39, 0.29) is 12.2 Å². The molecule has 0 aromatic carbocycles. The Bertz CT molecular complexity index is 817. The van der Waals surface area contributed by atoms with E-state index in [1.807, 2.05) is 0 Å². The fourth-order valence-corrected chi connectivity index (χ4v) is 2.38. The maximum absolute atomic E-state index is 12.9. The second kappa shape index (κ2) is 7.72. The van der Waals surface area contributed by atoms with E-state index < -0.39 is 34.9 Å². The Morgan fingerprint density at radius 3 is 2.65 bits per heavy atom. The third-order valence-corrected chi connectivity index (χ3v) is 3.60. The predicted molar refractivity (Wildman–Crippen MR) is 83.5 cm³/mol. The lowest BCUT2D eigenvalue weighted by Gasteiger charge is -2.06. The summed E-state index contributed by atoms with van der Waals surface area (Å²) in [5.74, 6) is -0.613. The Labute approximate surface area is 149 Å². The molecular weight excluding hydrogens is 381 g/mol. The molecule has 0 radical (unpaired) electrons. The van der Waals surface area contributed by atoms with Gasteiger partial charge in [0.25, 0.3) is 0 Å². The van der Waals surface area contributed by atoms with Gasteiger partial charge in [-0.3, -0.25) is 24.3 Å². The van der Waals surface area contributed by atoms with Crippen molar-refractivity contribution in [2.75, 3.05) is 6.54 Å². The largest absolute Gasteiger partial charge is 0.442 e. The zero-order valence-electron chi connectivity index (χ0n) is 13.5. The van der Waals surface area contributed by atoms with Crippen LogP contribution in [0.5, 0.6) is 0 Å². The summed E-state index contributed by atoms with van der Waals surface area (Å²) in [7, 11) is 0. The minimum atomic E-state index is -4.99. The summed E-state index contributed by atoms with van der Waals surface area (Å²) in [6.45, 7) is 1.27. The monoisotopic (exact) mass is 394 g/mol. The van der Waals surface area contributed by atoms with Crippen LogP contribution in [0.25, 0.3) is 0 Å². The number of halogens is 4. The predicted octanol–water partition coefficient (Wildman–Crippen LogP) is 2.17. The van der Waals surface area contributed by atoms with Crippen molar-refractivity contribution in [2.24, 2.45) is 0 Å². The molecule has 142 valence electrons. The van der Waals surface area contributed by atoms with E-state index in [1.165, 1.54) is 6.20 Å². The number of rotatable bonds is 7. The van der Waals surface area contributed by atoms with Gasteiger partial charge in [-0.2, -0.15) is 23.4 Å². The molecule has 0 bridgehead atoms. The molecule has 1 amide bonds. The van der Waals surface area contributed by atoms with Gasteiger partial charge in [0.15, 0.2) is 0 Å². The first-order chi connectivity index (χ1) is 12.1. The van der Waals surface area contributed by atoms with Gasteiger partial charge < -0.3 is 5.32 Å². The van der Waals surface area contributed by atoms with Gasteiger partial charge in [-0.15, -0.1) is 0 Å². The lowest BCUT2D eigenvalue weighted by Crippen LogP contribution is -2.29. The Kier molecular flexibility index (Phi) is 5.85. The molecule has 2 aromatic rings. The molecular formula is C13H14ClF3N6O3. The summed E-state index contributed by atoms with van der Waals surface area (Å²) in [5.41, 5.74) is -3.12. The third-order valence-electron chi connectivity index (χ3n) is 3.41. The second-order valence-electron chi connectivity index (χ2n) is 5.32. The normalized spacial score (nSPS) is 11.6. The van der Waals surface area contributed by atoms with Crippen LogP contribution < -0.4 is 5.32 Å². The van der Waals surface area contributed by atoms with Gasteiger partial charge in [0, 0.05) is 19.3 Å². The first-order valence-electron chi connectivity index (χ1n) is 7.33. The van der Waals surface area contributed by atoms with Crippen LogP contribution in [0.1, 0.15) is 17.8 Å². The summed E-state index contributed by atoms with van der Waals surface area (Å²) < 4.78 is 40.8. The molecule has 2 aromatic heterocycles. The number of aryl methyl sites for hydroxylation is 1. The molecule has 0 saturated heterocycles. The zero-order chi connectivity index (χ0) is 19.5. The average Bonchev–Trinajstić information content (AvgIpc) is 3.07. The van der Waals surface area contributed by atoms with Crippen LogP contribution in [-0.4, -0.2) is 36.9 Å². The summed E-state index contributed by atoms with van der Waals surface area (Å²) in [6, 6.07) is 0. The lowest BCUT2D eigenvalue weighted by atomic mass is 10.3. The molecule has 9 nitrogen and oxygen atoms in total. The summed E-state index contributed by atoms with van der Waals surface area (Å²) in [5, 5.41) is 21.0. The van der Waals surface area contributed by atoms with Gasteiger partial charge in [-0.1, -0.05) is 11.6 Å². The molecule has 26 heavy (non-hydrogen) atoms. The highest BCUT2D eigenvalue weighted by atomic mass is 35.5. The molecule has 0 aliphatic rings. The van der Waals surface area contributed by atoms with E-state index in [2.05, 4.69) is 15.5 Å². The van der Waals surface area contributed by atoms with E-state index in [1.54, 1.807) is 10.9 Å². The molecule has 0 aliphatic heterocycles. The quantitative estimate of drug-likeness (QED) is 0.440. The van der Waals surface area contributed by atoms with Crippen LogP contribution >= 0.6 is 11.6 Å². The highest BCUT2D eigenvalue weighted by molar-refractivity contribution is 6.30. The fourth-order valence-electron chi connectivity index (χ4n) is 2.22. The number of carbonyl (C=O) groups is 1. The zero-order valence-corrected chi connectivity index (χ0v) is 14.2. The summed E-state index contributed by atoms with van der Waals surface area (Å²) >= 11 is 5.71. The topological polar surface area (TPSA) is 108 Å². The van der Waals surface area contributed by atoms with Gasteiger partial charge >= 0.3 is 11.9 Å². The van der Waals surface area contributed by atoms with Crippen LogP contribution in [0.3, 0.4) is 0 Å². The van der Waals surface area contributed by atoms with Gasteiger partial charge in [-0.05, 0) is 13.3 Å². The van der Waals surface area contributed by atoms with Crippen molar-refractivity contribution >= 4 is 23.2 Å². The molecule has 0 atom stereocenters. The molecule has 1 N–H and O–H groups in total. The number of aromatic nitrogens is 4. The van der Waals surface area contributed by atoms with Crippen LogP contribution in [-0.2, 0) is 24.1 Å². The van der Waals surface area contributed by atoms with Crippen LogP contribution in [0, 0.1) is 17.0 Å². The van der Waals surface area contributed by atoms with E-state index in [0.29, 0.717) is 22.7 Å². The highest BCUT2D eigenvalue weighted by Gasteiger charge is 2.44. The van der Waals surface area contributed by atoms with Crippen LogP contribution in [0.2, 0.25) is 5.02 Å². The van der Waals surface area contributed by atoms with E-state index in [0.717, 1.165) is 6.92 Å². The Morgan fingerprint density at radius 1 is 1.46 bits per heavy atom. The molecule has 2 heterocycles. The van der Waals surface area contributed by atoms with Crippen molar-refractivity contribution in [1.82, 2.24) is 24.9 Å². The molecule has 2 rings (SSSR count). The average molecular weight is 395 g/mol. The van der Waals surface area contributed by atoms with Crippen molar-refractivity contribution in [2.45, 2.75) is 32.6 Å². The number of hydrogen-bond donors (Lipinski definition) is 1. The number of hydrogen-bond acceptors (Lipinski definition) is 5. The number of nitrogens with one attached hydrogen (secondary N) is 1. The number of nitro groups is 1. The number of amides is 1. The van der Waals surface area contributed by atoms with Gasteiger partial charge in [0.05, 0.1) is 16.1 Å². The van der Waals surface area contributed by atoms with Crippen molar-refractivity contribution in [3.8, 4) is 0 Å². The second-order valence-corrected chi connectivity index (χ2v) is 5.76. The van der Waals surface area contributed by atoms with E-state index in [9.17, 15) is 28.1 Å². The molecule has 13 heteroatoms. The molecule has 0 aliphatic carbocycles. The van der Waals surface area contributed by atoms with Gasteiger partial charge in [-0.25, -0.2) is 0 Å². The smallest absolute Gasteiger partial charge is 0.354 e. The maximum Gasteiger partial charge on any atom is 0.442 e. The van der Waals surface area contributed by atoms with Crippen molar-refractivity contribution < 1.29 is 22.9 Å². The molecule has 0 unspecified atom stereocenters. The molecule has 0 spiro atoms. The first kappa shape index (κ1) is 19.7.